The summed E-state index contributed by atoms with van der Waals surface area (Å²) in [5, 5.41) is 13.9. The lowest BCUT2D eigenvalue weighted by Gasteiger charge is -2.25. The number of amides is 1. The van der Waals surface area contributed by atoms with Crippen LogP contribution in [-0.2, 0) is 18.4 Å². The van der Waals surface area contributed by atoms with Crippen molar-refractivity contribution in [2.75, 3.05) is 40.9 Å². The summed E-state index contributed by atoms with van der Waals surface area (Å²) >= 11 is 0. The van der Waals surface area contributed by atoms with E-state index in [2.05, 4.69) is 55.6 Å². The number of rotatable bonds is 49. The van der Waals surface area contributed by atoms with Crippen LogP contribution in [0.4, 0.5) is 0 Å². The number of aliphatic hydroxyl groups excluding tert-OH is 1. The van der Waals surface area contributed by atoms with Crippen LogP contribution in [0.2, 0.25) is 0 Å². The smallest absolute Gasteiger partial charge is 0.387 e. The van der Waals surface area contributed by atoms with Gasteiger partial charge in [0.15, 0.2) is 0 Å². The molecule has 3 unspecified atom stereocenters. The number of aliphatic hydroxyl groups is 1. The fraction of sp³-hybridized carbons (Fsp3) is 0.836. The highest BCUT2D eigenvalue weighted by atomic mass is 31.2. The first-order valence-corrected chi connectivity index (χ1v) is 28.5. The Kier molecular flexibility index (Phi) is 45.4. The molecule has 0 saturated heterocycles. The van der Waals surface area contributed by atoms with Crippen LogP contribution < -0.4 is 5.32 Å². The van der Waals surface area contributed by atoms with E-state index in [1.807, 2.05) is 27.2 Å². The molecule has 1 amide bonds. The number of allylic oxidation sites excluding steroid dienone is 7. The van der Waals surface area contributed by atoms with E-state index in [9.17, 15) is 19.4 Å². The molecule has 8 nitrogen and oxygen atoms in total. The lowest BCUT2D eigenvalue weighted by molar-refractivity contribution is -0.870. The van der Waals surface area contributed by atoms with Crippen LogP contribution in [0.5, 0.6) is 0 Å². The van der Waals surface area contributed by atoms with Gasteiger partial charge in [0.25, 0.3) is 0 Å². The Morgan fingerprint density at radius 1 is 0.547 bits per heavy atom. The van der Waals surface area contributed by atoms with Crippen molar-refractivity contribution in [3.05, 3.63) is 48.6 Å². The number of carbonyl (C=O) groups excluding carboxylic acids is 1. The van der Waals surface area contributed by atoms with E-state index in [0.29, 0.717) is 17.4 Å². The molecule has 3 N–H and O–H groups in total. The summed E-state index contributed by atoms with van der Waals surface area (Å²) in [6, 6.07) is -0.853. The maximum Gasteiger partial charge on any atom is 0.472 e. The number of nitrogens with one attached hydrogen (secondary N) is 1. The Bertz CT molecular complexity index is 1180. The van der Waals surface area contributed by atoms with Gasteiger partial charge in [-0.1, -0.05) is 236 Å². The fourth-order valence-electron chi connectivity index (χ4n) is 7.82. The molecule has 0 fully saturated rings. The molecule has 0 heterocycles. The monoisotopic (exact) mass is 922 g/mol. The summed E-state index contributed by atoms with van der Waals surface area (Å²) < 4.78 is 23.7. The summed E-state index contributed by atoms with van der Waals surface area (Å²) in [5.41, 5.74) is 0. The number of quaternary nitrogens is 1. The Morgan fingerprint density at radius 2 is 0.938 bits per heavy atom. The molecule has 0 saturated carbocycles. The Labute approximate surface area is 397 Å². The van der Waals surface area contributed by atoms with Gasteiger partial charge in [-0.2, -0.15) is 0 Å². The molecule has 0 aliphatic rings. The minimum atomic E-state index is -4.35. The maximum atomic E-state index is 12.9. The van der Waals surface area contributed by atoms with Crippen molar-refractivity contribution in [1.82, 2.24) is 5.32 Å². The standard InChI is InChI=1S/C55H105N2O6P/c1-6-8-10-12-14-16-18-20-22-24-25-26-27-28-29-30-31-33-34-36-38-40-42-44-46-48-54(58)53(52-63-64(60,61)62-51-50-57(3,4)5)56-55(59)49-47-45-43-41-39-37-35-32-23-21-19-17-15-13-11-9-7-2/h9,11,15,17,21,23,46,48,53-54,58H,6-8,10,12-14,16,18-20,22,24-45,47,49-52H2,1-5H3,(H-,56,59,60,61)/p+1/b11-9-,17-15-,23-21-,48-46+. The van der Waals surface area contributed by atoms with E-state index in [-0.39, 0.29) is 19.1 Å². The number of hydrogen-bond acceptors (Lipinski definition) is 5. The number of carbonyl (C=O) groups is 1. The number of nitrogens with zero attached hydrogens (tertiary/aromatic N) is 1. The number of phosphoric acid groups is 1. The van der Waals surface area contributed by atoms with Crippen LogP contribution in [-0.4, -0.2) is 73.4 Å². The normalized spacial score (nSPS) is 14.4. The predicted molar refractivity (Wildman–Crippen MR) is 277 cm³/mol. The minimum Gasteiger partial charge on any atom is -0.387 e. The van der Waals surface area contributed by atoms with Crippen molar-refractivity contribution >= 4 is 13.7 Å². The summed E-state index contributed by atoms with van der Waals surface area (Å²) in [6.07, 6.45) is 60.6. The Balaban J connectivity index is 4.25. The van der Waals surface area contributed by atoms with E-state index in [0.717, 1.165) is 64.2 Å². The van der Waals surface area contributed by atoms with E-state index >= 15 is 0 Å². The van der Waals surface area contributed by atoms with Crippen molar-refractivity contribution in [3.8, 4) is 0 Å². The molecule has 0 aliphatic heterocycles. The van der Waals surface area contributed by atoms with E-state index in [1.54, 1.807) is 6.08 Å². The lowest BCUT2D eigenvalue weighted by atomic mass is 10.0. The average molecular weight is 922 g/mol. The second kappa shape index (κ2) is 46.6. The summed E-state index contributed by atoms with van der Waals surface area (Å²) in [6.45, 7) is 4.72. The van der Waals surface area contributed by atoms with Crippen molar-refractivity contribution in [2.24, 2.45) is 0 Å². The summed E-state index contributed by atoms with van der Waals surface area (Å²) in [7, 11) is 1.56. The highest BCUT2D eigenvalue weighted by Crippen LogP contribution is 2.43. The average Bonchev–Trinajstić information content (AvgIpc) is 3.25. The molecule has 0 rings (SSSR count). The van der Waals surface area contributed by atoms with Crippen molar-refractivity contribution in [3.63, 3.8) is 0 Å². The van der Waals surface area contributed by atoms with Crippen molar-refractivity contribution in [2.45, 2.75) is 257 Å². The van der Waals surface area contributed by atoms with Gasteiger partial charge < -0.3 is 19.8 Å². The molecule has 0 aromatic heterocycles. The maximum absolute atomic E-state index is 12.9. The summed E-state index contributed by atoms with van der Waals surface area (Å²) in [5.74, 6) is -0.186. The molecule has 3 atom stereocenters. The van der Waals surface area contributed by atoms with Crippen molar-refractivity contribution in [1.29, 1.82) is 0 Å². The zero-order valence-electron chi connectivity index (χ0n) is 42.8. The van der Waals surface area contributed by atoms with E-state index in [4.69, 9.17) is 9.05 Å². The SMILES string of the molecule is CC/C=C\C/C=C\C/C=C\CCCCCCCCCC(=O)NC(COP(=O)(O)OCC[N+](C)(C)C)C(O)/C=C/CCCCCCCCCCCCCCCCCCCCCCCCC. The molecule has 0 radical (unpaired) electrons. The van der Waals surface area contributed by atoms with Gasteiger partial charge in [0.05, 0.1) is 39.9 Å². The zero-order chi connectivity index (χ0) is 47.1. The third kappa shape index (κ3) is 48.4. The quantitative estimate of drug-likeness (QED) is 0.0243. The van der Waals surface area contributed by atoms with Gasteiger partial charge in [0, 0.05) is 6.42 Å². The van der Waals surface area contributed by atoms with Gasteiger partial charge in [-0.15, -0.1) is 0 Å². The second-order valence-electron chi connectivity index (χ2n) is 19.6. The molecule has 0 aromatic carbocycles. The Hall–Kier alpha value is -1.54. The molecule has 0 bridgehead atoms. The number of unbranched alkanes of at least 4 members (excludes halogenated alkanes) is 30. The third-order valence-corrected chi connectivity index (χ3v) is 13.0. The Morgan fingerprint density at radius 3 is 1.38 bits per heavy atom. The van der Waals surface area contributed by atoms with Crippen LogP contribution >= 0.6 is 7.82 Å². The highest BCUT2D eigenvalue weighted by Gasteiger charge is 2.27. The van der Waals surface area contributed by atoms with Gasteiger partial charge in [-0.25, -0.2) is 4.57 Å². The van der Waals surface area contributed by atoms with Gasteiger partial charge in [-0.05, 0) is 51.4 Å². The molecular formula is C55H106N2O6P+. The molecule has 0 aromatic rings. The molecule has 64 heavy (non-hydrogen) atoms. The van der Waals surface area contributed by atoms with Gasteiger partial charge in [0.1, 0.15) is 13.2 Å². The van der Waals surface area contributed by atoms with Crippen LogP contribution in [0.1, 0.15) is 245 Å². The molecule has 9 heteroatoms. The third-order valence-electron chi connectivity index (χ3n) is 12.1. The summed E-state index contributed by atoms with van der Waals surface area (Å²) in [4.78, 5) is 23.2. The van der Waals surface area contributed by atoms with Crippen LogP contribution in [0.3, 0.4) is 0 Å². The molecule has 0 spiro atoms. The van der Waals surface area contributed by atoms with Crippen molar-refractivity contribution < 1.29 is 32.9 Å². The fourth-order valence-corrected chi connectivity index (χ4v) is 8.56. The van der Waals surface area contributed by atoms with E-state index in [1.165, 1.54) is 161 Å². The largest absolute Gasteiger partial charge is 0.472 e. The lowest BCUT2D eigenvalue weighted by Crippen LogP contribution is -2.45. The molecular weight excluding hydrogens is 816 g/mol. The highest BCUT2D eigenvalue weighted by molar-refractivity contribution is 7.47. The van der Waals surface area contributed by atoms with Gasteiger partial charge >= 0.3 is 7.82 Å². The van der Waals surface area contributed by atoms with Gasteiger partial charge in [0.2, 0.25) is 5.91 Å². The van der Waals surface area contributed by atoms with Gasteiger partial charge in [-0.3, -0.25) is 13.8 Å². The minimum absolute atomic E-state index is 0.0583. The number of hydrogen-bond donors (Lipinski definition) is 3. The molecule has 376 valence electrons. The van der Waals surface area contributed by atoms with Crippen LogP contribution in [0, 0.1) is 0 Å². The second-order valence-corrected chi connectivity index (χ2v) is 21.0. The topological polar surface area (TPSA) is 105 Å². The van der Waals surface area contributed by atoms with Crippen LogP contribution in [0.25, 0.3) is 0 Å². The first-order chi connectivity index (χ1) is 31.0. The predicted octanol–water partition coefficient (Wildman–Crippen LogP) is 16.0. The zero-order valence-corrected chi connectivity index (χ0v) is 43.7. The molecule has 0 aliphatic carbocycles. The number of phosphoric ester groups is 1. The first-order valence-electron chi connectivity index (χ1n) is 27.0. The first kappa shape index (κ1) is 62.5. The number of likely N-dealkylation sites (N-methyl/N-ethyl adjacent to an activating group) is 1. The van der Waals surface area contributed by atoms with Crippen LogP contribution in [0.15, 0.2) is 48.6 Å². The van der Waals surface area contributed by atoms with E-state index < -0.39 is 20.0 Å².